The zero-order valence-corrected chi connectivity index (χ0v) is 59.3. The van der Waals surface area contributed by atoms with E-state index in [4.69, 9.17) is 108 Å². The first kappa shape index (κ1) is 83.6. The van der Waals surface area contributed by atoms with Crippen LogP contribution in [0.1, 0.15) is 75.5 Å². The molecule has 0 saturated carbocycles. The van der Waals surface area contributed by atoms with Gasteiger partial charge in [-0.1, -0.05) is 167 Å². The predicted molar refractivity (Wildman–Crippen MR) is 388 cm³/mol. The van der Waals surface area contributed by atoms with Crippen LogP contribution in [0.3, 0.4) is 0 Å². The van der Waals surface area contributed by atoms with Gasteiger partial charge in [-0.2, -0.15) is 36.8 Å². The zero-order valence-electron chi connectivity index (χ0n) is 55.5. The third kappa shape index (κ3) is 25.5. The Hall–Kier alpha value is -13.1. The standard InChI is InChI=1S/C18H13ClN2O3.C15H9ClN2O.C15H10ClNO3.C13H7ClFNO.C7H3F2N.C6H5ClO.C5H7NO2/c1-2-23-18(22)14(11-21)12-6-5-9-16(13(12)10-20)24-17-8-4-3-7-15(17)19;16-13-5-1-2-6-15(13)19-14-7-3-4-11(8-9-17)12(14)10-18;16-10-5-1-2-6-11(10)20-12-7-3-4-9-8-13(18)17-15(19)14(9)12;14-10-4-1-2-6-13(10)17-12-7-3-5-11(15)9(12)8-16;8-6-2-1-3-7(9)5(6)4-10;7-5-3-1-2-4-6(5)8;1-2-8-5(7)3-4-6/h3-9,14H,2H2,1H3;1-7H,8H2;1-7H,8H2,(H,17,18,19);1-7H;1-3H;1-4,8H;2-3H2,1H3. The van der Waals surface area contributed by atoms with Gasteiger partial charge in [-0.3, -0.25) is 24.5 Å². The number of imide groups is 1. The minimum absolute atomic E-state index is 0.0945. The van der Waals surface area contributed by atoms with Crippen molar-refractivity contribution in [3.8, 4) is 94.2 Å². The fraction of sp³-hybridized carbons (Fsp3) is 0.101. The fourth-order valence-electron chi connectivity index (χ4n) is 8.58. The van der Waals surface area contributed by atoms with Gasteiger partial charge in [-0.05, 0) is 128 Å². The molecule has 106 heavy (non-hydrogen) atoms. The molecular weight excluding hydrogens is 1470 g/mol. The average Bonchev–Trinajstić information content (AvgIpc) is 0.804. The van der Waals surface area contributed by atoms with Crippen LogP contribution in [0.4, 0.5) is 13.2 Å². The number of halogens is 8. The molecule has 532 valence electrons. The van der Waals surface area contributed by atoms with Crippen molar-refractivity contribution in [2.24, 2.45) is 0 Å². The van der Waals surface area contributed by atoms with Crippen LogP contribution in [0.15, 0.2) is 212 Å². The molecule has 0 bridgehead atoms. The largest absolute Gasteiger partial charge is 0.506 e. The monoisotopic (exact) mass is 1520 g/mol. The molecule has 1 aliphatic rings. The molecule has 0 saturated heterocycles. The van der Waals surface area contributed by atoms with Gasteiger partial charge in [-0.25, -0.2) is 13.2 Å². The zero-order chi connectivity index (χ0) is 77.5. The number of ether oxygens (including phenoxy) is 6. The Bertz CT molecular complexity index is 5040. The van der Waals surface area contributed by atoms with Gasteiger partial charge in [0.25, 0.3) is 5.91 Å². The normalized spacial score (nSPS) is 10.4. The minimum atomic E-state index is -1.20. The Balaban J connectivity index is 0.000000229. The third-order valence-corrected chi connectivity index (χ3v) is 14.9. The summed E-state index contributed by atoms with van der Waals surface area (Å²) in [6, 6.07) is 69.7. The molecule has 0 aliphatic carbocycles. The maximum absolute atomic E-state index is 13.3. The summed E-state index contributed by atoms with van der Waals surface area (Å²) in [7, 11) is 0. The van der Waals surface area contributed by atoms with Crippen molar-refractivity contribution in [1.82, 2.24) is 5.32 Å². The van der Waals surface area contributed by atoms with Gasteiger partial charge in [0.15, 0.2) is 5.92 Å². The summed E-state index contributed by atoms with van der Waals surface area (Å²) in [4.78, 5) is 45.5. The molecule has 10 aromatic rings. The first-order valence-electron chi connectivity index (χ1n) is 30.7. The number of fused-ring (bicyclic) bond motifs is 1. The number of esters is 2. The second kappa shape index (κ2) is 44.4. The number of rotatable bonds is 14. The number of carbonyl (C=O) groups excluding carboxylic acids is 4. The molecular formula is C79H54Cl5F3N8O11. The first-order valence-corrected chi connectivity index (χ1v) is 32.6. The Kier molecular flexibility index (Phi) is 35.0. The van der Waals surface area contributed by atoms with Crippen molar-refractivity contribution in [1.29, 1.82) is 36.8 Å². The number of carbonyl (C=O) groups is 4. The summed E-state index contributed by atoms with van der Waals surface area (Å²) in [5.74, 6) is -2.35. The maximum Gasteiger partial charge on any atom is 0.327 e. The number of nitrogens with one attached hydrogen (secondary N) is 1. The molecule has 1 unspecified atom stereocenters. The first-order chi connectivity index (χ1) is 51.1. The molecule has 1 aliphatic heterocycles. The van der Waals surface area contributed by atoms with Gasteiger partial charge in [0.2, 0.25) is 5.91 Å². The lowest BCUT2D eigenvalue weighted by Gasteiger charge is -2.18. The Morgan fingerprint density at radius 2 is 0.840 bits per heavy atom. The van der Waals surface area contributed by atoms with E-state index in [9.17, 15) is 48.1 Å². The average molecular weight is 1530 g/mol. The lowest BCUT2D eigenvalue weighted by Crippen LogP contribution is -2.37. The molecule has 27 heteroatoms. The van der Waals surface area contributed by atoms with Crippen molar-refractivity contribution in [3.05, 3.63) is 299 Å². The lowest BCUT2D eigenvalue weighted by molar-refractivity contribution is -0.143. The summed E-state index contributed by atoms with van der Waals surface area (Å²) in [6.45, 7) is 3.85. The molecule has 0 radical (unpaired) electrons. The maximum atomic E-state index is 13.3. The topological polar surface area (TPSA) is 322 Å². The summed E-state index contributed by atoms with van der Waals surface area (Å²) >= 11 is 29.5. The summed E-state index contributed by atoms with van der Waals surface area (Å²) in [5.41, 5.74) is 1.73. The smallest absolute Gasteiger partial charge is 0.327 e. The van der Waals surface area contributed by atoms with E-state index >= 15 is 0 Å². The molecule has 2 N–H and O–H groups in total. The molecule has 2 amide bonds. The van der Waals surface area contributed by atoms with Crippen LogP contribution in [-0.4, -0.2) is 42.1 Å². The number of phenolic OH excluding ortho intramolecular Hbond substituents is 1. The number of nitrogens with zero attached hydrogens (tertiary/aromatic N) is 7. The summed E-state index contributed by atoms with van der Waals surface area (Å²) in [6.07, 6.45) is 0.192. The molecule has 19 nitrogen and oxygen atoms in total. The number of amides is 2. The summed E-state index contributed by atoms with van der Waals surface area (Å²) < 4.78 is 69.9. The molecule has 1 atom stereocenters. The highest BCUT2D eigenvalue weighted by Crippen LogP contribution is 2.38. The number of hydrogen-bond donors (Lipinski definition) is 2. The fourth-order valence-corrected chi connectivity index (χ4v) is 9.41. The Morgan fingerprint density at radius 1 is 0.453 bits per heavy atom. The van der Waals surface area contributed by atoms with Crippen LogP contribution in [0.25, 0.3) is 0 Å². The Morgan fingerprint density at radius 3 is 1.25 bits per heavy atom. The van der Waals surface area contributed by atoms with E-state index in [1.807, 2.05) is 18.2 Å². The second-order valence-electron chi connectivity index (χ2n) is 20.4. The number of nitriles is 7. The second-order valence-corrected chi connectivity index (χ2v) is 22.4. The van der Waals surface area contributed by atoms with E-state index in [0.29, 0.717) is 88.5 Å². The van der Waals surface area contributed by atoms with Crippen LogP contribution in [0.5, 0.6) is 51.7 Å². The number of benzene rings is 10. The highest BCUT2D eigenvalue weighted by Gasteiger charge is 2.28. The third-order valence-electron chi connectivity index (χ3n) is 13.3. The highest BCUT2D eigenvalue weighted by molar-refractivity contribution is 6.33. The quantitative estimate of drug-likeness (QED) is 0.0754. The molecule has 10 aromatic carbocycles. The van der Waals surface area contributed by atoms with Crippen molar-refractivity contribution < 1.29 is 65.9 Å². The number of para-hydroxylation sites is 5. The van der Waals surface area contributed by atoms with Crippen LogP contribution in [0, 0.1) is 96.8 Å². The van der Waals surface area contributed by atoms with Crippen molar-refractivity contribution in [3.63, 3.8) is 0 Å². The number of aromatic hydroxyl groups is 1. The van der Waals surface area contributed by atoms with Gasteiger partial charge in [-0.15, -0.1) is 0 Å². The van der Waals surface area contributed by atoms with E-state index in [2.05, 4.69) is 16.1 Å². The highest BCUT2D eigenvalue weighted by atomic mass is 35.5. The van der Waals surface area contributed by atoms with E-state index in [1.54, 1.807) is 196 Å². The SMILES string of the molecule is CCOC(=O)C(C#N)c1cccc(Oc2ccccc2Cl)c1C#N.CCOC(=O)CC#N.N#CCc1cccc(Oc2ccccc2Cl)c1C#N.N#Cc1c(F)cccc1F.N#Cc1c(F)cccc1Oc1ccccc1Cl.O=C1Cc2cccc(Oc3ccccc3Cl)c2C(=O)N1.Oc1ccccc1Cl. The molecule has 11 rings (SSSR count). The minimum Gasteiger partial charge on any atom is -0.506 e. The van der Waals surface area contributed by atoms with Gasteiger partial charge in [0.05, 0.1) is 86.1 Å². The van der Waals surface area contributed by atoms with E-state index in [0.717, 1.165) is 12.1 Å². The Labute approximate surface area is 631 Å². The number of phenols is 1. The van der Waals surface area contributed by atoms with Gasteiger partial charge >= 0.3 is 11.9 Å². The van der Waals surface area contributed by atoms with Crippen molar-refractivity contribution in [2.75, 3.05) is 13.2 Å². The van der Waals surface area contributed by atoms with Crippen LogP contribution in [0.2, 0.25) is 25.1 Å². The molecule has 0 spiro atoms. The molecule has 0 aromatic heterocycles. The van der Waals surface area contributed by atoms with Gasteiger partial charge in [0, 0.05) is 5.56 Å². The summed E-state index contributed by atoms with van der Waals surface area (Å²) in [5, 5.41) is 74.8. The predicted octanol–water partition coefficient (Wildman–Crippen LogP) is 19.7. The van der Waals surface area contributed by atoms with Gasteiger partial charge in [0.1, 0.15) is 111 Å². The van der Waals surface area contributed by atoms with Crippen LogP contribution >= 0.6 is 58.0 Å². The van der Waals surface area contributed by atoms with Crippen molar-refractivity contribution >= 4 is 81.8 Å². The van der Waals surface area contributed by atoms with E-state index in [-0.39, 0.29) is 65.7 Å². The van der Waals surface area contributed by atoms with Crippen LogP contribution in [-0.2, 0) is 36.7 Å². The van der Waals surface area contributed by atoms with Crippen molar-refractivity contribution in [2.45, 2.75) is 39.0 Å². The van der Waals surface area contributed by atoms with Gasteiger partial charge < -0.3 is 33.5 Å². The van der Waals surface area contributed by atoms with Crippen LogP contribution < -0.4 is 24.3 Å². The van der Waals surface area contributed by atoms with E-state index in [1.165, 1.54) is 36.4 Å². The van der Waals surface area contributed by atoms with E-state index < -0.39 is 46.8 Å². The molecule has 0 fully saturated rings. The molecule has 1 heterocycles. The lowest BCUT2D eigenvalue weighted by atomic mass is 9.95. The number of hydrogen-bond acceptors (Lipinski definition) is 18.